The van der Waals surface area contributed by atoms with Gasteiger partial charge in [-0.15, -0.1) is 0 Å². The lowest BCUT2D eigenvalue weighted by atomic mass is 9.90. The highest BCUT2D eigenvalue weighted by Crippen LogP contribution is 2.33. The number of rotatable bonds is 5. The lowest BCUT2D eigenvalue weighted by Crippen LogP contribution is -2.49. The molecule has 186 valence electrons. The Morgan fingerprint density at radius 3 is 2.71 bits per heavy atom. The Morgan fingerprint density at radius 1 is 1.14 bits per heavy atom. The number of carbonyl (C=O) groups excluding carboxylic acids is 1. The van der Waals surface area contributed by atoms with E-state index in [1.807, 2.05) is 6.07 Å². The summed E-state index contributed by atoms with van der Waals surface area (Å²) in [5, 5.41) is 13.3. The molecule has 1 aliphatic heterocycles. The van der Waals surface area contributed by atoms with Gasteiger partial charge in [0.25, 0.3) is 0 Å². The fourth-order valence-corrected chi connectivity index (χ4v) is 5.33. The van der Waals surface area contributed by atoms with Crippen LogP contribution >= 0.6 is 0 Å². The first-order valence-corrected chi connectivity index (χ1v) is 12.5. The molecule has 0 radical (unpaired) electrons. The van der Waals surface area contributed by atoms with Crippen molar-refractivity contribution < 1.29 is 9.18 Å². The molecule has 5 rings (SSSR count). The first-order valence-electron chi connectivity index (χ1n) is 12.5. The molecule has 5 N–H and O–H groups in total. The lowest BCUT2D eigenvalue weighted by Gasteiger charge is -2.39. The number of piperidine rings is 1. The highest BCUT2D eigenvalue weighted by Gasteiger charge is 2.32. The van der Waals surface area contributed by atoms with Crippen LogP contribution in [0.3, 0.4) is 0 Å². The zero-order valence-corrected chi connectivity index (χ0v) is 20.3. The van der Waals surface area contributed by atoms with Gasteiger partial charge >= 0.3 is 0 Å². The first-order chi connectivity index (χ1) is 16.9. The van der Waals surface area contributed by atoms with Crippen LogP contribution in [0.25, 0.3) is 22.2 Å². The SMILES string of the molecule is CNc1nc(-c2cc(F)c3c(N)n[nH]c3c2)cc(N2C[C@@H](C(=O)NC3CCCCC3)CC[C@H]2C)n1. The van der Waals surface area contributed by atoms with Gasteiger partial charge in [0.15, 0.2) is 5.82 Å². The Morgan fingerprint density at radius 2 is 1.94 bits per heavy atom. The van der Waals surface area contributed by atoms with Gasteiger partial charge in [-0.25, -0.2) is 9.37 Å². The normalized spacial score (nSPS) is 21.3. The number of H-pyrrole nitrogens is 1. The van der Waals surface area contributed by atoms with E-state index < -0.39 is 5.82 Å². The fourth-order valence-electron chi connectivity index (χ4n) is 5.33. The van der Waals surface area contributed by atoms with Gasteiger partial charge < -0.3 is 21.3 Å². The third-order valence-electron chi connectivity index (χ3n) is 7.37. The molecule has 1 amide bonds. The van der Waals surface area contributed by atoms with E-state index in [1.54, 1.807) is 13.1 Å². The highest BCUT2D eigenvalue weighted by atomic mass is 19.1. The van der Waals surface area contributed by atoms with Crippen molar-refractivity contribution in [2.24, 2.45) is 5.92 Å². The smallest absolute Gasteiger partial charge is 0.225 e. The zero-order valence-electron chi connectivity index (χ0n) is 20.3. The summed E-state index contributed by atoms with van der Waals surface area (Å²) in [6.45, 7) is 2.74. The lowest BCUT2D eigenvalue weighted by molar-refractivity contribution is -0.126. The summed E-state index contributed by atoms with van der Waals surface area (Å²) in [6, 6.07) is 5.58. The number of nitrogens with two attached hydrogens (primary N) is 1. The minimum Gasteiger partial charge on any atom is -0.382 e. The van der Waals surface area contributed by atoms with Gasteiger partial charge in [0, 0.05) is 37.3 Å². The van der Waals surface area contributed by atoms with Gasteiger partial charge in [-0.3, -0.25) is 9.89 Å². The molecule has 1 saturated carbocycles. The third-order valence-corrected chi connectivity index (χ3v) is 7.37. The van der Waals surface area contributed by atoms with Crippen LogP contribution in [0.5, 0.6) is 0 Å². The quantitative estimate of drug-likeness (QED) is 0.437. The Balaban J connectivity index is 1.42. The summed E-state index contributed by atoms with van der Waals surface area (Å²) in [5.74, 6) is 0.867. The third kappa shape index (κ3) is 4.74. The van der Waals surface area contributed by atoms with Crippen LogP contribution < -0.4 is 21.3 Å². The van der Waals surface area contributed by atoms with Crippen LogP contribution in [0.15, 0.2) is 18.2 Å². The second-order valence-corrected chi connectivity index (χ2v) is 9.79. The number of benzene rings is 1. The largest absolute Gasteiger partial charge is 0.382 e. The minimum absolute atomic E-state index is 0.0914. The molecule has 3 aromatic rings. The molecule has 2 atom stereocenters. The number of nitrogen functional groups attached to an aromatic ring is 1. The molecule has 0 spiro atoms. The van der Waals surface area contributed by atoms with Crippen molar-refractivity contribution in [3.05, 3.63) is 24.0 Å². The number of aromatic nitrogens is 4. The van der Waals surface area contributed by atoms with Crippen molar-refractivity contribution >= 4 is 34.4 Å². The van der Waals surface area contributed by atoms with E-state index in [0.29, 0.717) is 41.1 Å². The second kappa shape index (κ2) is 9.67. The van der Waals surface area contributed by atoms with Crippen LogP contribution in [-0.4, -0.2) is 51.7 Å². The number of amides is 1. The van der Waals surface area contributed by atoms with Crippen molar-refractivity contribution in [2.75, 3.05) is 29.5 Å². The molecule has 1 aromatic carbocycles. The standard InChI is InChI=1S/C25H33FN8O/c1-14-8-9-15(24(35)29-17-6-4-3-5-7-17)13-34(14)21-12-19(30-25(28-2)31-21)16-10-18(26)22-20(11-16)32-33-23(22)27/h10-12,14-15,17H,3-9,13H2,1-2H3,(H,29,35)(H3,27,32,33)(H,28,30,31)/t14-,15+/m1/s1. The molecule has 9 nitrogen and oxygen atoms in total. The van der Waals surface area contributed by atoms with Crippen LogP contribution in [0.4, 0.5) is 22.0 Å². The summed E-state index contributed by atoms with van der Waals surface area (Å²) < 4.78 is 14.8. The van der Waals surface area contributed by atoms with Crippen molar-refractivity contribution in [3.63, 3.8) is 0 Å². The number of anilines is 3. The fraction of sp³-hybridized carbons (Fsp3) is 0.520. The van der Waals surface area contributed by atoms with E-state index in [9.17, 15) is 9.18 Å². The monoisotopic (exact) mass is 480 g/mol. The summed E-state index contributed by atoms with van der Waals surface area (Å²) in [6.07, 6.45) is 7.53. The first kappa shape index (κ1) is 23.3. The van der Waals surface area contributed by atoms with Gasteiger partial charge in [0.2, 0.25) is 11.9 Å². The highest BCUT2D eigenvalue weighted by molar-refractivity contribution is 5.92. The average molecular weight is 481 g/mol. The Labute approximate surface area is 204 Å². The summed E-state index contributed by atoms with van der Waals surface area (Å²) in [7, 11) is 1.75. The molecular formula is C25H33FN8O. The van der Waals surface area contributed by atoms with Crippen molar-refractivity contribution in [3.8, 4) is 11.3 Å². The van der Waals surface area contributed by atoms with E-state index in [2.05, 4.69) is 42.6 Å². The predicted octanol–water partition coefficient (Wildman–Crippen LogP) is 3.84. The number of hydrogen-bond donors (Lipinski definition) is 4. The number of nitrogens with zero attached hydrogens (tertiary/aromatic N) is 4. The van der Waals surface area contributed by atoms with Gasteiger partial charge in [0.05, 0.1) is 22.5 Å². The molecule has 35 heavy (non-hydrogen) atoms. The Bertz CT molecular complexity index is 1220. The van der Waals surface area contributed by atoms with Crippen LogP contribution in [-0.2, 0) is 4.79 Å². The van der Waals surface area contributed by atoms with Gasteiger partial charge in [0.1, 0.15) is 11.6 Å². The van der Waals surface area contributed by atoms with Crippen molar-refractivity contribution in [2.45, 2.75) is 64.0 Å². The maximum absolute atomic E-state index is 14.8. The summed E-state index contributed by atoms with van der Waals surface area (Å²) >= 11 is 0. The summed E-state index contributed by atoms with van der Waals surface area (Å²) in [4.78, 5) is 24.5. The van der Waals surface area contributed by atoms with Crippen LogP contribution in [0.2, 0.25) is 0 Å². The molecule has 1 aliphatic carbocycles. The van der Waals surface area contributed by atoms with E-state index >= 15 is 0 Å². The molecule has 0 bridgehead atoms. The van der Waals surface area contributed by atoms with Crippen molar-refractivity contribution in [1.82, 2.24) is 25.5 Å². The maximum Gasteiger partial charge on any atom is 0.225 e. The minimum atomic E-state index is -0.458. The molecule has 2 aliphatic rings. The number of nitrogens with one attached hydrogen (secondary N) is 3. The topological polar surface area (TPSA) is 125 Å². The second-order valence-electron chi connectivity index (χ2n) is 9.79. The van der Waals surface area contributed by atoms with Crippen LogP contribution in [0.1, 0.15) is 51.9 Å². The number of hydrogen-bond acceptors (Lipinski definition) is 7. The molecule has 1 saturated heterocycles. The molecule has 2 aromatic heterocycles. The number of aromatic amines is 1. The van der Waals surface area contributed by atoms with E-state index in [4.69, 9.17) is 5.73 Å². The zero-order chi connectivity index (χ0) is 24.5. The van der Waals surface area contributed by atoms with Gasteiger partial charge in [-0.2, -0.15) is 10.1 Å². The van der Waals surface area contributed by atoms with Gasteiger partial charge in [-0.1, -0.05) is 19.3 Å². The van der Waals surface area contributed by atoms with E-state index in [0.717, 1.165) is 25.7 Å². The predicted molar refractivity (Wildman–Crippen MR) is 136 cm³/mol. The van der Waals surface area contributed by atoms with E-state index in [1.165, 1.54) is 25.3 Å². The van der Waals surface area contributed by atoms with Crippen LogP contribution in [0, 0.1) is 11.7 Å². The number of halogens is 1. The van der Waals surface area contributed by atoms with Crippen molar-refractivity contribution in [1.29, 1.82) is 0 Å². The van der Waals surface area contributed by atoms with Gasteiger partial charge in [-0.05, 0) is 44.7 Å². The Hall–Kier alpha value is -3.43. The number of carbonyl (C=O) groups is 1. The number of fused-ring (bicyclic) bond motifs is 1. The molecular weight excluding hydrogens is 447 g/mol. The summed E-state index contributed by atoms with van der Waals surface area (Å²) in [5.41, 5.74) is 7.47. The molecule has 2 fully saturated rings. The van der Waals surface area contributed by atoms with E-state index in [-0.39, 0.29) is 29.1 Å². The molecule has 3 heterocycles. The molecule has 0 unspecified atom stereocenters. The maximum atomic E-state index is 14.8. The molecule has 10 heteroatoms. The Kier molecular flexibility index (Phi) is 6.44. The average Bonchev–Trinajstić information content (AvgIpc) is 3.25.